The molecule has 0 bridgehead atoms. The Morgan fingerprint density at radius 3 is 2.27 bits per heavy atom. The fourth-order valence-electron chi connectivity index (χ4n) is 5.33. The number of hydrogen-bond acceptors (Lipinski definition) is 4. The van der Waals surface area contributed by atoms with Crippen molar-refractivity contribution < 1.29 is 22.4 Å². The van der Waals surface area contributed by atoms with Gasteiger partial charge in [-0.2, -0.15) is 0 Å². The molecule has 0 unspecified atom stereocenters. The summed E-state index contributed by atoms with van der Waals surface area (Å²) in [6.07, 6.45) is 5.42. The van der Waals surface area contributed by atoms with E-state index in [1.54, 1.807) is 18.2 Å². The van der Waals surface area contributed by atoms with Gasteiger partial charge < -0.3 is 10.2 Å². The van der Waals surface area contributed by atoms with E-state index in [2.05, 4.69) is 5.32 Å². The third-order valence-corrected chi connectivity index (χ3v) is 9.29. The van der Waals surface area contributed by atoms with E-state index in [-0.39, 0.29) is 29.1 Å². The number of halogens is 1. The van der Waals surface area contributed by atoms with Gasteiger partial charge in [-0.25, -0.2) is 12.8 Å². The van der Waals surface area contributed by atoms with Crippen LogP contribution >= 0.6 is 0 Å². The van der Waals surface area contributed by atoms with Gasteiger partial charge in [0.1, 0.15) is 18.4 Å². The van der Waals surface area contributed by atoms with Crippen molar-refractivity contribution in [3.8, 4) is 0 Å². The zero-order chi connectivity index (χ0) is 29.4. The topological polar surface area (TPSA) is 86.8 Å². The van der Waals surface area contributed by atoms with Crippen LogP contribution in [0.3, 0.4) is 0 Å². The predicted octanol–water partition coefficient (Wildman–Crippen LogP) is 5.59. The SMILES string of the molecule is CC[C@H](C(=O)NC1CCCCC1)N(Cc1cccc(C)c1)C(=O)CN(c1ccc(F)cc1)S(=O)(=O)c1ccccc1. The van der Waals surface area contributed by atoms with Gasteiger partial charge in [-0.15, -0.1) is 0 Å². The summed E-state index contributed by atoms with van der Waals surface area (Å²) in [6, 6.07) is 19.7. The van der Waals surface area contributed by atoms with Crippen LogP contribution in [0.25, 0.3) is 0 Å². The van der Waals surface area contributed by atoms with Crippen molar-refractivity contribution >= 4 is 27.5 Å². The Bertz CT molecular complexity index is 1420. The lowest BCUT2D eigenvalue weighted by molar-refractivity contribution is -0.140. The molecule has 1 fully saturated rings. The summed E-state index contributed by atoms with van der Waals surface area (Å²) in [7, 11) is -4.19. The van der Waals surface area contributed by atoms with Crippen molar-refractivity contribution in [1.82, 2.24) is 10.2 Å². The van der Waals surface area contributed by atoms with Crippen LogP contribution < -0.4 is 9.62 Å². The summed E-state index contributed by atoms with van der Waals surface area (Å²) in [4.78, 5) is 29.2. The molecule has 1 atom stereocenters. The van der Waals surface area contributed by atoms with Crippen molar-refractivity contribution in [2.75, 3.05) is 10.8 Å². The summed E-state index contributed by atoms with van der Waals surface area (Å²) in [5.74, 6) is -1.29. The zero-order valence-corrected chi connectivity index (χ0v) is 24.4. The number of amides is 2. The van der Waals surface area contributed by atoms with Crippen molar-refractivity contribution in [3.05, 3.63) is 95.8 Å². The highest BCUT2D eigenvalue weighted by atomic mass is 32.2. The lowest BCUT2D eigenvalue weighted by atomic mass is 9.95. The molecule has 4 rings (SSSR count). The highest BCUT2D eigenvalue weighted by Gasteiger charge is 2.34. The Morgan fingerprint density at radius 1 is 0.951 bits per heavy atom. The first-order valence-electron chi connectivity index (χ1n) is 14.2. The minimum absolute atomic E-state index is 0.00411. The number of rotatable bonds is 11. The Balaban J connectivity index is 1.69. The minimum atomic E-state index is -4.19. The summed E-state index contributed by atoms with van der Waals surface area (Å²) in [6.45, 7) is 3.38. The maximum Gasteiger partial charge on any atom is 0.264 e. The van der Waals surface area contributed by atoms with E-state index in [0.29, 0.717) is 6.42 Å². The number of carbonyl (C=O) groups is 2. The summed E-state index contributed by atoms with van der Waals surface area (Å²) in [5.41, 5.74) is 1.99. The van der Waals surface area contributed by atoms with Crippen molar-refractivity contribution in [2.45, 2.75) is 75.9 Å². The molecule has 7 nitrogen and oxygen atoms in total. The third-order valence-electron chi connectivity index (χ3n) is 7.50. The Morgan fingerprint density at radius 2 is 1.63 bits per heavy atom. The molecule has 0 spiro atoms. The van der Waals surface area contributed by atoms with Gasteiger partial charge in [-0.3, -0.25) is 13.9 Å². The second-order valence-corrected chi connectivity index (χ2v) is 12.4. The number of nitrogens with one attached hydrogen (secondary N) is 1. The summed E-state index contributed by atoms with van der Waals surface area (Å²) < 4.78 is 42.4. The molecular formula is C32H38FN3O4S. The van der Waals surface area contributed by atoms with E-state index in [1.807, 2.05) is 38.1 Å². The molecule has 9 heteroatoms. The van der Waals surface area contributed by atoms with Gasteiger partial charge in [-0.05, 0) is 68.1 Å². The molecule has 3 aromatic carbocycles. The third kappa shape index (κ3) is 7.73. The van der Waals surface area contributed by atoms with Crippen LogP contribution in [-0.4, -0.2) is 43.8 Å². The van der Waals surface area contributed by atoms with Gasteiger partial charge in [0, 0.05) is 12.6 Å². The van der Waals surface area contributed by atoms with Gasteiger partial charge in [0.25, 0.3) is 10.0 Å². The number of benzene rings is 3. The van der Waals surface area contributed by atoms with Crippen molar-refractivity contribution in [3.63, 3.8) is 0 Å². The number of sulfonamides is 1. The van der Waals surface area contributed by atoms with Crippen molar-refractivity contribution in [2.24, 2.45) is 0 Å². The van der Waals surface area contributed by atoms with Crippen LogP contribution in [-0.2, 0) is 26.2 Å². The molecule has 1 N–H and O–H groups in total. The molecule has 0 radical (unpaired) electrons. The van der Waals surface area contributed by atoms with Gasteiger partial charge in [0.2, 0.25) is 11.8 Å². The molecule has 3 aromatic rings. The zero-order valence-electron chi connectivity index (χ0n) is 23.6. The lowest BCUT2D eigenvalue weighted by Gasteiger charge is -2.34. The lowest BCUT2D eigenvalue weighted by Crippen LogP contribution is -2.54. The summed E-state index contributed by atoms with van der Waals surface area (Å²) >= 11 is 0. The minimum Gasteiger partial charge on any atom is -0.352 e. The van der Waals surface area contributed by atoms with Gasteiger partial charge >= 0.3 is 0 Å². The highest BCUT2D eigenvalue weighted by Crippen LogP contribution is 2.25. The average Bonchev–Trinajstić information content (AvgIpc) is 2.97. The predicted molar refractivity (Wildman–Crippen MR) is 158 cm³/mol. The number of anilines is 1. The standard InChI is InChI=1S/C32H38FN3O4S/c1-3-30(32(38)34-27-13-6-4-7-14-27)35(22-25-12-10-11-24(2)21-25)31(37)23-36(28-19-17-26(33)18-20-28)41(39,40)29-15-8-5-9-16-29/h5,8-12,15-21,27,30H,3-4,6-7,13-14,22-23H2,1-2H3,(H,34,38)/t30-/m1/s1. The molecule has 1 aliphatic rings. The Kier molecular flexibility index (Phi) is 10.2. The largest absolute Gasteiger partial charge is 0.352 e. The second kappa shape index (κ2) is 13.8. The summed E-state index contributed by atoms with van der Waals surface area (Å²) in [5, 5.41) is 3.14. The number of hydrogen-bond donors (Lipinski definition) is 1. The van der Waals surface area contributed by atoms with Crippen LogP contribution in [0.2, 0.25) is 0 Å². The first-order valence-corrected chi connectivity index (χ1v) is 15.6. The van der Waals surface area contributed by atoms with Crippen LogP contribution in [0.1, 0.15) is 56.6 Å². The second-order valence-electron chi connectivity index (χ2n) is 10.6. The van der Waals surface area contributed by atoms with Crippen LogP contribution in [0.4, 0.5) is 10.1 Å². The molecule has 0 heterocycles. The normalized spacial score (nSPS) is 14.7. The Hall–Kier alpha value is -3.72. The average molecular weight is 580 g/mol. The molecule has 2 amide bonds. The van der Waals surface area contributed by atoms with E-state index in [0.717, 1.165) is 59.7 Å². The fourth-order valence-corrected chi connectivity index (χ4v) is 6.76. The van der Waals surface area contributed by atoms with Gasteiger partial charge in [0.15, 0.2) is 0 Å². The molecule has 0 saturated heterocycles. The maximum atomic E-state index is 14.1. The van der Waals surface area contributed by atoms with Crippen LogP contribution in [0.15, 0.2) is 83.8 Å². The molecule has 1 aliphatic carbocycles. The molecular weight excluding hydrogens is 541 g/mol. The number of carbonyl (C=O) groups excluding carboxylic acids is 2. The van der Waals surface area contributed by atoms with E-state index in [9.17, 15) is 22.4 Å². The first kappa shape index (κ1) is 30.2. The molecule has 1 saturated carbocycles. The Labute approximate surface area is 242 Å². The van der Waals surface area contributed by atoms with E-state index < -0.39 is 34.3 Å². The van der Waals surface area contributed by atoms with E-state index in [1.165, 1.54) is 29.2 Å². The molecule has 218 valence electrons. The smallest absolute Gasteiger partial charge is 0.264 e. The van der Waals surface area contributed by atoms with Crippen LogP contribution in [0, 0.1) is 12.7 Å². The molecule has 0 aromatic heterocycles. The highest BCUT2D eigenvalue weighted by molar-refractivity contribution is 7.92. The number of aryl methyl sites for hydroxylation is 1. The van der Waals surface area contributed by atoms with Crippen molar-refractivity contribution in [1.29, 1.82) is 0 Å². The molecule has 0 aliphatic heterocycles. The van der Waals surface area contributed by atoms with Crippen LogP contribution in [0.5, 0.6) is 0 Å². The molecule has 41 heavy (non-hydrogen) atoms. The first-order chi connectivity index (χ1) is 19.7. The maximum absolute atomic E-state index is 14.1. The van der Waals surface area contributed by atoms with E-state index in [4.69, 9.17) is 0 Å². The van der Waals surface area contributed by atoms with Gasteiger partial charge in [0.05, 0.1) is 10.6 Å². The fraction of sp³-hybridized carbons (Fsp3) is 0.375. The monoisotopic (exact) mass is 579 g/mol. The number of nitrogens with zero attached hydrogens (tertiary/aromatic N) is 2. The van der Waals surface area contributed by atoms with Gasteiger partial charge in [-0.1, -0.05) is 74.2 Å². The van der Waals surface area contributed by atoms with E-state index >= 15 is 0 Å². The quantitative estimate of drug-likeness (QED) is 0.321.